The first-order valence-corrected chi connectivity index (χ1v) is 10.0. The molecule has 1 saturated heterocycles. The quantitative estimate of drug-likeness (QED) is 0.287. The van der Waals surface area contributed by atoms with E-state index in [-0.39, 0.29) is 5.57 Å². The number of H-pyrrole nitrogens is 1. The smallest absolute Gasteiger partial charge is 0.295 e. The number of halogens is 1. The van der Waals surface area contributed by atoms with E-state index in [4.69, 9.17) is 11.6 Å². The first-order valence-electron chi connectivity index (χ1n) is 9.65. The van der Waals surface area contributed by atoms with E-state index in [0.717, 1.165) is 0 Å². The lowest BCUT2D eigenvalue weighted by Crippen LogP contribution is -2.36. The van der Waals surface area contributed by atoms with Crippen molar-refractivity contribution in [3.8, 4) is 0 Å². The number of nitrogens with zero attached hydrogens (tertiary/aromatic N) is 2. The van der Waals surface area contributed by atoms with Crippen LogP contribution >= 0.6 is 11.6 Å². The van der Waals surface area contributed by atoms with Crippen LogP contribution in [0.2, 0.25) is 5.02 Å². The normalized spacial score (nSPS) is 18.2. The summed E-state index contributed by atoms with van der Waals surface area (Å²) >= 11 is 6.02. The number of Topliss-reactive ketones (excluding diaryl/α,β-unsaturated/α-hetero) is 1. The van der Waals surface area contributed by atoms with E-state index in [1.165, 1.54) is 4.90 Å². The number of aryl methyl sites for hydroxylation is 1. The van der Waals surface area contributed by atoms with Gasteiger partial charge in [0, 0.05) is 23.6 Å². The van der Waals surface area contributed by atoms with Gasteiger partial charge in [-0.05, 0) is 23.3 Å². The molecule has 152 valence electrons. The molecule has 1 aliphatic rings. The number of amides is 1. The first-order chi connectivity index (χ1) is 14.6. The molecule has 0 spiro atoms. The van der Waals surface area contributed by atoms with Crippen LogP contribution in [0.4, 0.5) is 0 Å². The minimum atomic E-state index is -0.738. The van der Waals surface area contributed by atoms with Crippen LogP contribution in [0.25, 0.3) is 5.76 Å². The second-order valence-electron chi connectivity index (χ2n) is 7.09. The number of rotatable bonds is 6. The van der Waals surface area contributed by atoms with Gasteiger partial charge in [0.2, 0.25) is 12.1 Å². The standard InChI is InChI=1S/C23H20ClN3O3/c24-18-9-7-16(8-10-18)20-19(21(28)17-5-2-1-3-6-17)22(29)23(30)27(20)13-4-12-26-14-11-25-15-26/h1-3,5-11,14-15,20H,4,12-13H2,(H,28,29). The molecule has 0 aliphatic carbocycles. The summed E-state index contributed by atoms with van der Waals surface area (Å²) in [5.74, 6) is -1.80. The van der Waals surface area contributed by atoms with Crippen molar-refractivity contribution in [3.05, 3.63) is 95.0 Å². The van der Waals surface area contributed by atoms with Gasteiger partial charge in [-0.25, -0.2) is 4.57 Å². The Morgan fingerprint density at radius 1 is 1.10 bits per heavy atom. The van der Waals surface area contributed by atoms with Gasteiger partial charge in [0.15, 0.2) is 0 Å². The van der Waals surface area contributed by atoms with Gasteiger partial charge in [-0.15, -0.1) is 0 Å². The maximum atomic E-state index is 13.2. The van der Waals surface area contributed by atoms with E-state index in [9.17, 15) is 14.7 Å². The summed E-state index contributed by atoms with van der Waals surface area (Å²) in [6, 6.07) is 14.7. The Balaban J connectivity index is 1.72. The Morgan fingerprint density at radius 2 is 1.83 bits per heavy atom. The first kappa shape index (κ1) is 19.9. The maximum absolute atomic E-state index is 13.2. The number of benzene rings is 2. The molecule has 7 heteroatoms. The number of nitrogens with one attached hydrogen (secondary N) is 1. The van der Waals surface area contributed by atoms with E-state index >= 15 is 0 Å². The molecule has 2 aromatic carbocycles. The lowest BCUT2D eigenvalue weighted by molar-refractivity contribution is -0.695. The number of aromatic nitrogens is 2. The topological polar surface area (TPSA) is 80.1 Å². The fourth-order valence-corrected chi connectivity index (χ4v) is 3.85. The summed E-state index contributed by atoms with van der Waals surface area (Å²) < 4.78 is 1.96. The summed E-state index contributed by atoms with van der Waals surface area (Å²) in [6.07, 6.45) is 6.16. The highest BCUT2D eigenvalue weighted by Gasteiger charge is 2.43. The van der Waals surface area contributed by atoms with Crippen molar-refractivity contribution in [2.45, 2.75) is 19.0 Å². The van der Waals surface area contributed by atoms with Crippen molar-refractivity contribution < 1.29 is 19.3 Å². The number of hydrogen-bond acceptors (Lipinski definition) is 3. The monoisotopic (exact) mass is 421 g/mol. The van der Waals surface area contributed by atoms with Crippen LogP contribution in [-0.4, -0.2) is 28.1 Å². The Kier molecular flexibility index (Phi) is 5.68. The molecular weight excluding hydrogens is 402 g/mol. The van der Waals surface area contributed by atoms with Crippen LogP contribution in [0.1, 0.15) is 23.6 Å². The van der Waals surface area contributed by atoms with Gasteiger partial charge in [-0.2, -0.15) is 0 Å². The van der Waals surface area contributed by atoms with Crippen molar-refractivity contribution in [3.63, 3.8) is 0 Å². The van der Waals surface area contributed by atoms with Crippen LogP contribution < -0.4 is 9.67 Å². The van der Waals surface area contributed by atoms with Gasteiger partial charge in [-0.3, -0.25) is 14.6 Å². The molecule has 30 heavy (non-hydrogen) atoms. The number of hydrogen-bond donors (Lipinski definition) is 1. The highest BCUT2D eigenvalue weighted by atomic mass is 35.5. The van der Waals surface area contributed by atoms with E-state index < -0.39 is 23.5 Å². The van der Waals surface area contributed by atoms with Gasteiger partial charge >= 0.3 is 0 Å². The fraction of sp³-hybridized carbons (Fsp3) is 0.174. The molecule has 1 aromatic heterocycles. The largest absolute Gasteiger partial charge is 0.872 e. The third kappa shape index (κ3) is 3.86. The molecule has 0 radical (unpaired) electrons. The van der Waals surface area contributed by atoms with Crippen LogP contribution in [0.3, 0.4) is 0 Å². The molecule has 1 unspecified atom stereocenters. The minimum Gasteiger partial charge on any atom is -0.872 e. The predicted molar refractivity (Wildman–Crippen MR) is 110 cm³/mol. The van der Waals surface area contributed by atoms with E-state index in [0.29, 0.717) is 35.7 Å². The van der Waals surface area contributed by atoms with Gasteiger partial charge in [0.05, 0.1) is 12.6 Å². The molecule has 2 heterocycles. The fourth-order valence-electron chi connectivity index (χ4n) is 3.72. The average Bonchev–Trinajstić information content (AvgIpc) is 3.37. The SMILES string of the molecule is O=C1C(=O)N(CCC[n+]2cc[nH]c2)C(c2ccc(Cl)cc2)/C1=C(\[O-])c1ccccc1. The number of aromatic amines is 1. The van der Waals surface area contributed by atoms with Gasteiger partial charge in [0.1, 0.15) is 12.4 Å². The zero-order chi connectivity index (χ0) is 21.1. The molecular formula is C23H20ClN3O3. The zero-order valence-corrected chi connectivity index (χ0v) is 16.9. The van der Waals surface area contributed by atoms with Crippen LogP contribution in [0.5, 0.6) is 0 Å². The Morgan fingerprint density at radius 3 is 2.50 bits per heavy atom. The molecule has 1 fully saturated rings. The molecule has 1 N–H and O–H groups in total. The average molecular weight is 422 g/mol. The molecule has 1 aliphatic heterocycles. The van der Waals surface area contributed by atoms with Crippen LogP contribution in [-0.2, 0) is 16.1 Å². The molecule has 1 atom stereocenters. The predicted octanol–water partition coefficient (Wildman–Crippen LogP) is 2.27. The maximum Gasteiger partial charge on any atom is 0.295 e. The second kappa shape index (κ2) is 8.55. The molecule has 3 aromatic rings. The third-order valence-corrected chi connectivity index (χ3v) is 5.42. The van der Waals surface area contributed by atoms with Crippen LogP contribution in [0.15, 0.2) is 78.9 Å². The lowest BCUT2D eigenvalue weighted by atomic mass is 9.95. The molecule has 4 rings (SSSR count). The zero-order valence-electron chi connectivity index (χ0n) is 16.1. The van der Waals surface area contributed by atoms with Crippen molar-refractivity contribution >= 4 is 29.1 Å². The van der Waals surface area contributed by atoms with Crippen molar-refractivity contribution in [1.29, 1.82) is 0 Å². The summed E-state index contributed by atoms with van der Waals surface area (Å²) in [7, 11) is 0. The van der Waals surface area contributed by atoms with Crippen LogP contribution in [0, 0.1) is 0 Å². The second-order valence-corrected chi connectivity index (χ2v) is 7.53. The third-order valence-electron chi connectivity index (χ3n) is 5.17. The number of likely N-dealkylation sites (tertiary alicyclic amines) is 1. The van der Waals surface area contributed by atoms with Crippen molar-refractivity contribution in [2.24, 2.45) is 0 Å². The van der Waals surface area contributed by atoms with Gasteiger partial charge < -0.3 is 10.0 Å². The number of carbonyl (C=O) groups excluding carboxylic acids is 2. The summed E-state index contributed by atoms with van der Waals surface area (Å²) in [6.45, 7) is 1.03. The number of carbonyl (C=O) groups is 2. The van der Waals surface area contributed by atoms with Crippen molar-refractivity contribution in [2.75, 3.05) is 6.54 Å². The molecule has 1 amide bonds. The summed E-state index contributed by atoms with van der Waals surface area (Å²) in [5, 5.41) is 13.7. The highest BCUT2D eigenvalue weighted by molar-refractivity contribution is 6.46. The number of imidazole rings is 1. The lowest BCUT2D eigenvalue weighted by Gasteiger charge is -2.27. The number of ketones is 1. The highest BCUT2D eigenvalue weighted by Crippen LogP contribution is 2.38. The minimum absolute atomic E-state index is 0.0113. The summed E-state index contributed by atoms with van der Waals surface area (Å²) in [5.41, 5.74) is 1.06. The summed E-state index contributed by atoms with van der Waals surface area (Å²) in [4.78, 5) is 30.2. The van der Waals surface area contributed by atoms with E-state index in [1.54, 1.807) is 54.6 Å². The van der Waals surface area contributed by atoms with Gasteiger partial charge in [0.25, 0.3) is 5.91 Å². The molecule has 6 nitrogen and oxygen atoms in total. The Labute approximate surface area is 179 Å². The Bertz CT molecular complexity index is 1080. The van der Waals surface area contributed by atoms with E-state index in [2.05, 4.69) is 4.98 Å². The Hall–Kier alpha value is -3.38. The molecule has 0 saturated carbocycles. The molecule has 0 bridgehead atoms. The van der Waals surface area contributed by atoms with Gasteiger partial charge in [-0.1, -0.05) is 59.8 Å². The van der Waals surface area contributed by atoms with Crippen molar-refractivity contribution in [1.82, 2.24) is 9.88 Å². The van der Waals surface area contributed by atoms with E-state index in [1.807, 2.05) is 23.3 Å².